The van der Waals surface area contributed by atoms with Gasteiger partial charge in [0.15, 0.2) is 6.33 Å². The maximum Gasteiger partial charge on any atom is 0.228 e. The minimum Gasteiger partial charge on any atom is -0.368 e. The lowest BCUT2D eigenvalue weighted by atomic mass is 10.4. The molecule has 0 amide bonds. The van der Waals surface area contributed by atoms with Gasteiger partial charge in [0, 0.05) is 23.6 Å². The number of anilines is 1. The first-order valence-corrected chi connectivity index (χ1v) is 5.73. The van der Waals surface area contributed by atoms with Gasteiger partial charge in [-0.1, -0.05) is 16.8 Å². The van der Waals surface area contributed by atoms with Gasteiger partial charge in [-0.25, -0.2) is 4.98 Å². The van der Waals surface area contributed by atoms with Crippen molar-refractivity contribution >= 4 is 33.3 Å². The Morgan fingerprint density at radius 2 is 2.31 bits per heavy atom. The summed E-state index contributed by atoms with van der Waals surface area (Å²) in [5, 5.41) is 7.17. The Labute approximate surface area is 105 Å². The molecule has 0 atom stereocenters. The van der Waals surface area contributed by atoms with E-state index in [1.165, 1.54) is 6.33 Å². The average Bonchev–Trinajstić information content (AvgIpc) is 2.74. The molecule has 0 aliphatic rings. The van der Waals surface area contributed by atoms with E-state index in [4.69, 9.17) is 16.1 Å². The summed E-state index contributed by atoms with van der Waals surface area (Å²) in [5.41, 5.74) is 0. The van der Waals surface area contributed by atoms with Crippen molar-refractivity contribution in [3.63, 3.8) is 0 Å². The molecular weight excluding hydrogens is 295 g/mol. The molecule has 0 saturated carbocycles. The zero-order valence-corrected chi connectivity index (χ0v) is 10.5. The fraction of sp³-hybridized carbons (Fsp3) is 0.222. The molecule has 0 aromatic carbocycles. The topological polar surface area (TPSA) is 63.8 Å². The number of halogens is 2. The van der Waals surface area contributed by atoms with Crippen LogP contribution in [0.1, 0.15) is 5.89 Å². The van der Waals surface area contributed by atoms with Crippen LogP contribution in [-0.4, -0.2) is 21.7 Å². The molecule has 0 saturated heterocycles. The Kier molecular flexibility index (Phi) is 3.74. The SMILES string of the molecule is Clc1cc(Br)cnc1NCCc1ncno1. The lowest BCUT2D eigenvalue weighted by Crippen LogP contribution is -2.06. The predicted molar refractivity (Wildman–Crippen MR) is 63.4 cm³/mol. The summed E-state index contributed by atoms with van der Waals surface area (Å²) in [7, 11) is 0. The third kappa shape index (κ3) is 2.93. The van der Waals surface area contributed by atoms with Crippen LogP contribution in [0.15, 0.2) is 27.6 Å². The van der Waals surface area contributed by atoms with Gasteiger partial charge in [0.1, 0.15) is 5.82 Å². The minimum atomic E-state index is 0.569. The van der Waals surface area contributed by atoms with Gasteiger partial charge < -0.3 is 9.84 Å². The van der Waals surface area contributed by atoms with Gasteiger partial charge in [-0.05, 0) is 22.0 Å². The standard InChI is InChI=1S/C9H8BrClN4O/c10-6-3-7(11)9(13-4-6)12-2-1-8-14-5-15-16-8/h3-5H,1-2H2,(H,12,13). The van der Waals surface area contributed by atoms with E-state index < -0.39 is 0 Å². The van der Waals surface area contributed by atoms with Crippen molar-refractivity contribution in [3.8, 4) is 0 Å². The van der Waals surface area contributed by atoms with Crippen LogP contribution in [0, 0.1) is 0 Å². The molecule has 5 nitrogen and oxygen atoms in total. The van der Waals surface area contributed by atoms with E-state index in [0.717, 1.165) is 4.47 Å². The number of pyridine rings is 1. The Bertz CT molecular complexity index is 463. The Morgan fingerprint density at radius 3 is 3.00 bits per heavy atom. The smallest absolute Gasteiger partial charge is 0.228 e. The van der Waals surface area contributed by atoms with E-state index in [1.54, 1.807) is 12.3 Å². The van der Waals surface area contributed by atoms with E-state index in [9.17, 15) is 0 Å². The van der Waals surface area contributed by atoms with Crippen LogP contribution in [0.25, 0.3) is 0 Å². The lowest BCUT2D eigenvalue weighted by Gasteiger charge is -2.05. The second-order valence-electron chi connectivity index (χ2n) is 3.00. The molecule has 0 unspecified atom stereocenters. The molecule has 84 valence electrons. The first-order chi connectivity index (χ1) is 7.75. The van der Waals surface area contributed by atoms with Crippen molar-refractivity contribution in [1.82, 2.24) is 15.1 Å². The highest BCUT2D eigenvalue weighted by molar-refractivity contribution is 9.10. The average molecular weight is 304 g/mol. The molecular formula is C9H8BrClN4O. The summed E-state index contributed by atoms with van der Waals surface area (Å²) in [4.78, 5) is 8.05. The monoisotopic (exact) mass is 302 g/mol. The molecule has 1 N–H and O–H groups in total. The van der Waals surface area contributed by atoms with Crippen LogP contribution in [0.3, 0.4) is 0 Å². The third-order valence-corrected chi connectivity index (χ3v) is 2.57. The number of hydrogen-bond acceptors (Lipinski definition) is 5. The van der Waals surface area contributed by atoms with Gasteiger partial charge >= 0.3 is 0 Å². The fourth-order valence-electron chi connectivity index (χ4n) is 1.14. The fourth-order valence-corrected chi connectivity index (χ4v) is 1.83. The zero-order chi connectivity index (χ0) is 11.4. The number of nitrogens with zero attached hydrogens (tertiary/aromatic N) is 3. The molecule has 0 fully saturated rings. The second kappa shape index (κ2) is 5.27. The molecule has 0 radical (unpaired) electrons. The van der Waals surface area contributed by atoms with Crippen LogP contribution in [0.5, 0.6) is 0 Å². The predicted octanol–water partition coefficient (Wildman–Crippen LogP) is 2.54. The summed E-state index contributed by atoms with van der Waals surface area (Å²) < 4.78 is 5.71. The molecule has 0 bridgehead atoms. The molecule has 16 heavy (non-hydrogen) atoms. The van der Waals surface area contributed by atoms with Gasteiger partial charge in [-0.3, -0.25) is 0 Å². The summed E-state index contributed by atoms with van der Waals surface area (Å²) in [6, 6.07) is 1.78. The van der Waals surface area contributed by atoms with Crippen LogP contribution >= 0.6 is 27.5 Å². The van der Waals surface area contributed by atoms with Crippen LogP contribution in [0.2, 0.25) is 5.02 Å². The second-order valence-corrected chi connectivity index (χ2v) is 4.32. The van der Waals surface area contributed by atoms with Crippen molar-refractivity contribution < 1.29 is 4.52 Å². The van der Waals surface area contributed by atoms with E-state index in [1.807, 2.05) is 0 Å². The quantitative estimate of drug-likeness (QED) is 0.940. The van der Waals surface area contributed by atoms with Crippen LogP contribution < -0.4 is 5.32 Å². The summed E-state index contributed by atoms with van der Waals surface area (Å²) in [6.45, 7) is 0.635. The Morgan fingerprint density at radius 1 is 1.44 bits per heavy atom. The maximum absolute atomic E-state index is 5.98. The van der Waals surface area contributed by atoms with E-state index >= 15 is 0 Å². The highest BCUT2D eigenvalue weighted by atomic mass is 79.9. The van der Waals surface area contributed by atoms with Gasteiger partial charge in [0.25, 0.3) is 0 Å². The molecule has 2 heterocycles. The van der Waals surface area contributed by atoms with Crippen LogP contribution in [0.4, 0.5) is 5.82 Å². The lowest BCUT2D eigenvalue weighted by molar-refractivity contribution is 0.379. The first kappa shape index (κ1) is 11.3. The Hall–Kier alpha value is -1.14. The largest absolute Gasteiger partial charge is 0.368 e. The molecule has 0 aliphatic heterocycles. The number of aromatic nitrogens is 3. The number of hydrogen-bond donors (Lipinski definition) is 1. The maximum atomic E-state index is 5.98. The molecule has 2 aromatic heterocycles. The van der Waals surface area contributed by atoms with E-state index in [2.05, 4.69) is 36.4 Å². The van der Waals surface area contributed by atoms with Gasteiger partial charge in [0.2, 0.25) is 5.89 Å². The first-order valence-electron chi connectivity index (χ1n) is 4.56. The van der Waals surface area contributed by atoms with Gasteiger partial charge in [0.05, 0.1) is 5.02 Å². The third-order valence-electron chi connectivity index (χ3n) is 1.85. The summed E-state index contributed by atoms with van der Waals surface area (Å²) >= 11 is 9.27. The Balaban J connectivity index is 1.90. The van der Waals surface area contributed by atoms with Crippen molar-refractivity contribution in [3.05, 3.63) is 34.0 Å². The van der Waals surface area contributed by atoms with Crippen molar-refractivity contribution in [1.29, 1.82) is 0 Å². The summed E-state index contributed by atoms with van der Waals surface area (Å²) in [6.07, 6.45) is 3.69. The van der Waals surface area contributed by atoms with Crippen molar-refractivity contribution in [2.24, 2.45) is 0 Å². The van der Waals surface area contributed by atoms with Gasteiger partial charge in [-0.15, -0.1) is 0 Å². The summed E-state index contributed by atoms with van der Waals surface area (Å²) in [5.74, 6) is 1.23. The normalized spacial score (nSPS) is 10.4. The highest BCUT2D eigenvalue weighted by Gasteiger charge is 2.03. The molecule has 2 rings (SSSR count). The number of rotatable bonds is 4. The van der Waals surface area contributed by atoms with E-state index in [0.29, 0.717) is 29.7 Å². The molecule has 7 heteroatoms. The highest BCUT2D eigenvalue weighted by Crippen LogP contribution is 2.22. The molecule has 2 aromatic rings. The zero-order valence-electron chi connectivity index (χ0n) is 8.15. The van der Waals surface area contributed by atoms with Crippen LogP contribution in [-0.2, 0) is 6.42 Å². The molecule has 0 aliphatic carbocycles. The van der Waals surface area contributed by atoms with Crippen molar-refractivity contribution in [2.45, 2.75) is 6.42 Å². The minimum absolute atomic E-state index is 0.569. The van der Waals surface area contributed by atoms with E-state index in [-0.39, 0.29) is 0 Å². The number of nitrogens with one attached hydrogen (secondary N) is 1. The van der Waals surface area contributed by atoms with Gasteiger partial charge in [-0.2, -0.15) is 4.98 Å². The van der Waals surface area contributed by atoms with Crippen molar-refractivity contribution in [2.75, 3.05) is 11.9 Å². The molecule has 0 spiro atoms.